The van der Waals surface area contributed by atoms with Gasteiger partial charge in [0.05, 0.1) is 0 Å². The van der Waals surface area contributed by atoms with Crippen LogP contribution in [0.15, 0.2) is 87.2 Å². The maximum Gasteiger partial charge on any atom is 0.220 e. The van der Waals surface area contributed by atoms with Gasteiger partial charge in [0.25, 0.3) is 0 Å². The molecule has 0 saturated heterocycles. The van der Waals surface area contributed by atoms with Gasteiger partial charge in [0.15, 0.2) is 0 Å². The molecule has 0 spiro atoms. The molecule has 0 radical (unpaired) electrons. The number of hydrogen-bond acceptors (Lipinski definition) is 1. The minimum Gasteiger partial charge on any atom is -1.00 e. The number of rotatable bonds is 2. The number of ketones is 1. The average Bonchev–Trinajstić information content (AvgIpc) is 2.43. The molecule has 0 aliphatic carbocycles. The lowest BCUT2D eigenvalue weighted by molar-refractivity contribution is -0.396. The van der Waals surface area contributed by atoms with Crippen molar-refractivity contribution in [1.82, 2.24) is 0 Å². The van der Waals surface area contributed by atoms with Crippen molar-refractivity contribution in [3.63, 3.8) is 0 Å². The number of carbonyl (C=O) groups excluding carboxylic acids is 1. The van der Waals surface area contributed by atoms with Crippen molar-refractivity contribution in [3.05, 3.63) is 87.2 Å². The second-order valence-electron chi connectivity index (χ2n) is 3.14. The SMILES string of the molecule is C=C=C=C=C=C=C=C=C=C=C=C=C=C=CC(=O)[C@@H](C)[NH3+].[Cl-].[HH].[HH].[HH].[HH].[HH].[HH].[HH].[HH].[HH].[HH].[HH].[HH].[HH].[HH].[HH]. The van der Waals surface area contributed by atoms with Crippen LogP contribution in [0.3, 0.4) is 0 Å². The third-order valence-corrected chi connectivity index (χ3v) is 1.49. The second-order valence-corrected chi connectivity index (χ2v) is 3.14. The molecule has 0 heterocycles. The molecule has 0 aromatic heterocycles. The van der Waals surface area contributed by atoms with Crippen LogP contribution in [-0.2, 0) is 4.79 Å². The minimum atomic E-state index is -0.303. The molecule has 21 heavy (non-hydrogen) atoms. The van der Waals surface area contributed by atoms with E-state index in [1.54, 1.807) is 6.92 Å². The summed E-state index contributed by atoms with van der Waals surface area (Å²) in [5.74, 6) is -0.132. The van der Waals surface area contributed by atoms with Crippen molar-refractivity contribution in [2.75, 3.05) is 0 Å². The van der Waals surface area contributed by atoms with Crippen molar-refractivity contribution in [2.24, 2.45) is 0 Å². The molecule has 0 aliphatic rings. The summed E-state index contributed by atoms with van der Waals surface area (Å²) in [6.07, 6.45) is 1.25. The quantitative estimate of drug-likeness (QED) is 0.614. The number of hydrogen-bond donors (Lipinski definition) is 1. The Morgan fingerprint density at radius 2 is 1.33 bits per heavy atom. The molecule has 1 atom stereocenters. The number of halogens is 1. The van der Waals surface area contributed by atoms with Gasteiger partial charge in [-0.05, 0) is 76.5 Å². The van der Waals surface area contributed by atoms with Gasteiger partial charge in [-0.15, -0.1) is 0 Å². The van der Waals surface area contributed by atoms with E-state index in [1.807, 2.05) is 0 Å². The first kappa shape index (κ1) is 20.1. The lowest BCUT2D eigenvalue weighted by Crippen LogP contribution is -3.00. The van der Waals surface area contributed by atoms with Crippen molar-refractivity contribution < 1.29 is 44.3 Å². The molecule has 0 aliphatic heterocycles. The van der Waals surface area contributed by atoms with Crippen molar-refractivity contribution in [1.29, 1.82) is 0 Å². The largest absolute Gasteiger partial charge is 1.00 e. The average molecular weight is 322 g/mol. The van der Waals surface area contributed by atoms with E-state index in [9.17, 15) is 4.79 Å². The van der Waals surface area contributed by atoms with Gasteiger partial charge in [-0.25, -0.2) is 0 Å². The van der Waals surface area contributed by atoms with Crippen LogP contribution < -0.4 is 18.1 Å². The maximum atomic E-state index is 11.1. The van der Waals surface area contributed by atoms with Crippen LogP contribution in [0, 0.1) is 0 Å². The van der Waals surface area contributed by atoms with E-state index < -0.39 is 0 Å². The van der Waals surface area contributed by atoms with Gasteiger partial charge in [-0.1, -0.05) is 11.5 Å². The molecule has 0 amide bonds. The Kier molecular flexibility index (Phi) is 14.2. The van der Waals surface area contributed by atoms with Gasteiger partial charge in [0.2, 0.25) is 5.78 Å². The van der Waals surface area contributed by atoms with E-state index in [-0.39, 0.29) is 45.6 Å². The molecule has 0 aromatic rings. The monoisotopic (exact) mass is 321 g/mol. The maximum absolute atomic E-state index is 11.1. The van der Waals surface area contributed by atoms with E-state index in [2.05, 4.69) is 86.8 Å². The summed E-state index contributed by atoms with van der Waals surface area (Å²) in [5, 5.41) is 0. The molecule has 0 rings (SSSR count). The lowest BCUT2D eigenvalue weighted by atomic mass is 10.2. The Hall–Kier alpha value is -3.20. The summed E-state index contributed by atoms with van der Waals surface area (Å²) in [4.78, 5) is 11.1. The van der Waals surface area contributed by atoms with Gasteiger partial charge >= 0.3 is 0 Å². The first-order valence-corrected chi connectivity index (χ1v) is 5.41. The minimum absolute atomic E-state index is 0. The van der Waals surface area contributed by atoms with Gasteiger partial charge in [-0.3, -0.25) is 4.79 Å². The van der Waals surface area contributed by atoms with Crippen LogP contribution >= 0.6 is 0 Å². The Morgan fingerprint density at radius 1 is 0.952 bits per heavy atom. The molecule has 0 aromatic carbocycles. The molecular weight excluding hydrogens is 282 g/mol. The highest BCUT2D eigenvalue weighted by molar-refractivity contribution is 5.92. The molecule has 0 saturated carbocycles. The summed E-state index contributed by atoms with van der Waals surface area (Å²) in [6, 6.07) is -0.303. The summed E-state index contributed by atoms with van der Waals surface area (Å²) in [7, 11) is 0. The van der Waals surface area contributed by atoms with Crippen LogP contribution in [0.5, 0.6) is 0 Å². The first-order chi connectivity index (χ1) is 9.68. The smallest absolute Gasteiger partial charge is 0.220 e. The highest BCUT2D eigenvalue weighted by atomic mass is 35.5. The molecule has 3 heteroatoms. The zero-order chi connectivity index (χ0) is 15.1. The second kappa shape index (κ2) is 14.9. The van der Waals surface area contributed by atoms with Crippen LogP contribution in [0.25, 0.3) is 0 Å². The fraction of sp³-hybridized carbons (Fsp3) is 0.111. The lowest BCUT2D eigenvalue weighted by Gasteiger charge is -1.89. The van der Waals surface area contributed by atoms with Crippen molar-refractivity contribution in [3.8, 4) is 0 Å². The Morgan fingerprint density at radius 3 is 1.71 bits per heavy atom. The van der Waals surface area contributed by atoms with Gasteiger partial charge in [0, 0.05) is 27.5 Å². The topological polar surface area (TPSA) is 44.7 Å². The molecule has 0 bridgehead atoms. The standard InChI is InChI=1S/C18H9NO.ClH.15H2/c1-3-4-5-6-7-8-9-10-11-12-13-14-15-16-18(20)17(2)19;;;;;;;;;;;;;;;;/h16-17H,1,19H2,2H3;16*1H/t17-;;;;;;;;;;;;;;;;/m1................/s1. The van der Waals surface area contributed by atoms with Gasteiger partial charge in [0.1, 0.15) is 6.04 Å². The van der Waals surface area contributed by atoms with Crippen LogP contribution in [0.2, 0.25) is 0 Å². The van der Waals surface area contributed by atoms with Crippen LogP contribution in [0.4, 0.5) is 0 Å². The van der Waals surface area contributed by atoms with Crippen molar-refractivity contribution in [2.45, 2.75) is 13.0 Å². The van der Waals surface area contributed by atoms with E-state index in [0.717, 1.165) is 0 Å². The van der Waals surface area contributed by atoms with E-state index in [1.165, 1.54) is 6.08 Å². The van der Waals surface area contributed by atoms with E-state index in [0.29, 0.717) is 0 Å². The number of carbonyl (C=O) groups is 1. The normalized spacial score (nSPS) is 6.76. The molecule has 0 unspecified atom stereocenters. The summed E-state index contributed by atoms with van der Waals surface area (Å²) >= 11 is 0. The predicted molar refractivity (Wildman–Crippen MR) is 105 cm³/mol. The first-order valence-electron chi connectivity index (χ1n) is 5.41. The summed E-state index contributed by atoms with van der Waals surface area (Å²) in [6.45, 7) is 4.99. The Bertz CT molecular complexity index is 906. The summed E-state index contributed by atoms with van der Waals surface area (Å²) < 4.78 is 0. The highest BCUT2D eigenvalue weighted by Gasteiger charge is 2.04. The third kappa shape index (κ3) is 14.7. The summed E-state index contributed by atoms with van der Waals surface area (Å²) in [5.41, 5.74) is 35.6. The van der Waals surface area contributed by atoms with Crippen LogP contribution in [0.1, 0.15) is 28.3 Å². The zero-order valence-electron chi connectivity index (χ0n) is 11.4. The van der Waals surface area contributed by atoms with E-state index in [4.69, 9.17) is 0 Å². The van der Waals surface area contributed by atoms with Gasteiger partial charge in [-0.2, -0.15) is 0 Å². The molecule has 2 nitrogen and oxygen atoms in total. The predicted octanol–water partition coefficient (Wildman–Crippen LogP) is 2.08. The van der Waals surface area contributed by atoms with E-state index >= 15 is 0 Å². The fourth-order valence-corrected chi connectivity index (χ4v) is 0.611. The number of quaternary nitrogens is 1. The van der Waals surface area contributed by atoms with Crippen molar-refractivity contribution >= 4 is 5.78 Å². The Balaban J connectivity index is -0.0000000150. The zero-order valence-corrected chi connectivity index (χ0v) is 12.1. The van der Waals surface area contributed by atoms with Gasteiger partial charge < -0.3 is 18.1 Å². The Labute approximate surface area is 151 Å². The molecule has 3 N–H and O–H groups in total. The highest BCUT2D eigenvalue weighted by Crippen LogP contribution is 1.76. The fourth-order valence-electron chi connectivity index (χ4n) is 0.611. The molecule has 130 valence electrons. The third-order valence-electron chi connectivity index (χ3n) is 1.49. The van der Waals surface area contributed by atoms with Crippen LogP contribution in [-0.4, -0.2) is 11.8 Å². The molecular formula is C18H40ClNO. The molecule has 0 fully saturated rings.